The first-order valence-electron chi connectivity index (χ1n) is 5.70. The number of carbonyl (C=O) groups excluding carboxylic acids is 1. The van der Waals surface area contributed by atoms with E-state index in [-0.39, 0.29) is 11.7 Å². The van der Waals surface area contributed by atoms with Crippen molar-refractivity contribution in [3.05, 3.63) is 48.0 Å². The molecular weight excluding hydrogens is 240 g/mol. The summed E-state index contributed by atoms with van der Waals surface area (Å²) in [7, 11) is 0. The van der Waals surface area contributed by atoms with Crippen molar-refractivity contribution in [2.75, 3.05) is 5.32 Å². The number of phenols is 1. The van der Waals surface area contributed by atoms with E-state index in [2.05, 4.69) is 5.32 Å². The van der Waals surface area contributed by atoms with Gasteiger partial charge in [0.05, 0.1) is 11.6 Å². The molecule has 2 aromatic carbocycles. The number of phenolic OH excluding ortho intramolecular Hbond substituents is 1. The molecule has 1 amide bonds. The second-order valence-corrected chi connectivity index (χ2v) is 4.14. The number of benzene rings is 2. The molecule has 0 aromatic heterocycles. The van der Waals surface area contributed by atoms with E-state index in [4.69, 9.17) is 5.26 Å². The zero-order valence-corrected chi connectivity index (χ0v) is 10.3. The van der Waals surface area contributed by atoms with Crippen LogP contribution in [0, 0.1) is 11.3 Å². The van der Waals surface area contributed by atoms with Crippen LogP contribution < -0.4 is 5.32 Å². The lowest BCUT2D eigenvalue weighted by atomic mass is 10.0. The lowest BCUT2D eigenvalue weighted by molar-refractivity contribution is -0.114. The smallest absolute Gasteiger partial charge is 0.221 e. The summed E-state index contributed by atoms with van der Waals surface area (Å²) in [5, 5.41) is 21.2. The van der Waals surface area contributed by atoms with Crippen molar-refractivity contribution in [1.29, 1.82) is 5.26 Å². The summed E-state index contributed by atoms with van der Waals surface area (Å²) in [5.41, 5.74) is 2.61. The Bertz CT molecular complexity index is 672. The highest BCUT2D eigenvalue weighted by atomic mass is 16.3. The lowest BCUT2D eigenvalue weighted by Crippen LogP contribution is -2.05. The molecule has 94 valence electrons. The molecule has 0 aliphatic carbocycles. The monoisotopic (exact) mass is 252 g/mol. The molecule has 0 atom stereocenters. The van der Waals surface area contributed by atoms with E-state index in [1.54, 1.807) is 30.3 Å². The van der Waals surface area contributed by atoms with Crippen LogP contribution in [0.15, 0.2) is 42.5 Å². The molecule has 0 bridgehead atoms. The number of nitrogens with zero attached hydrogens (tertiary/aromatic N) is 1. The third-order valence-corrected chi connectivity index (χ3v) is 2.56. The molecule has 0 aliphatic heterocycles. The minimum atomic E-state index is -0.147. The van der Waals surface area contributed by atoms with Crippen LogP contribution in [-0.4, -0.2) is 11.0 Å². The average Bonchev–Trinajstić information content (AvgIpc) is 2.37. The van der Waals surface area contributed by atoms with Gasteiger partial charge in [-0.3, -0.25) is 4.79 Å². The third kappa shape index (κ3) is 3.11. The van der Waals surface area contributed by atoms with Crippen molar-refractivity contribution < 1.29 is 9.90 Å². The van der Waals surface area contributed by atoms with Crippen LogP contribution in [0.1, 0.15) is 12.5 Å². The van der Waals surface area contributed by atoms with Gasteiger partial charge in [0, 0.05) is 12.6 Å². The van der Waals surface area contributed by atoms with Crippen molar-refractivity contribution >= 4 is 11.6 Å². The maximum atomic E-state index is 11.0. The number of rotatable bonds is 2. The van der Waals surface area contributed by atoms with Gasteiger partial charge in [0.1, 0.15) is 5.75 Å². The molecule has 2 N–H and O–H groups in total. The Morgan fingerprint density at radius 1 is 1.21 bits per heavy atom. The average molecular weight is 252 g/mol. The number of nitrogens with one attached hydrogen (secondary N) is 1. The second-order valence-electron chi connectivity index (χ2n) is 4.14. The van der Waals surface area contributed by atoms with Gasteiger partial charge in [-0.05, 0) is 41.5 Å². The lowest BCUT2D eigenvalue weighted by Gasteiger charge is -2.07. The first-order valence-corrected chi connectivity index (χ1v) is 5.70. The maximum absolute atomic E-state index is 11.0. The summed E-state index contributed by atoms with van der Waals surface area (Å²) in [6.45, 7) is 1.44. The summed E-state index contributed by atoms with van der Waals surface area (Å²) in [5.74, 6) is -0.107. The Kier molecular flexibility index (Phi) is 3.48. The largest absolute Gasteiger partial charge is 0.508 e. The molecule has 4 nitrogen and oxygen atoms in total. The van der Waals surface area contributed by atoms with Crippen molar-refractivity contribution in [3.63, 3.8) is 0 Å². The first kappa shape index (κ1) is 12.7. The van der Waals surface area contributed by atoms with E-state index in [1.807, 2.05) is 12.1 Å². The quantitative estimate of drug-likeness (QED) is 0.863. The van der Waals surface area contributed by atoms with Crippen LogP contribution in [0.2, 0.25) is 0 Å². The molecule has 4 heteroatoms. The molecule has 0 radical (unpaired) electrons. The molecule has 0 heterocycles. The topological polar surface area (TPSA) is 73.1 Å². The van der Waals surface area contributed by atoms with Gasteiger partial charge in [0.15, 0.2) is 0 Å². The number of hydrogen-bond donors (Lipinski definition) is 2. The summed E-state index contributed by atoms with van der Waals surface area (Å²) < 4.78 is 0. The van der Waals surface area contributed by atoms with E-state index in [0.717, 1.165) is 11.1 Å². The SMILES string of the molecule is CC(=O)Nc1cccc(-c2cc(O)cc(C#N)c2)c1. The zero-order valence-electron chi connectivity index (χ0n) is 10.3. The summed E-state index contributed by atoms with van der Waals surface area (Å²) in [6, 6.07) is 13.9. The number of amides is 1. The first-order chi connectivity index (χ1) is 9.08. The number of anilines is 1. The zero-order chi connectivity index (χ0) is 13.8. The van der Waals surface area contributed by atoms with E-state index in [1.165, 1.54) is 13.0 Å². The van der Waals surface area contributed by atoms with Gasteiger partial charge in [-0.2, -0.15) is 5.26 Å². The number of carbonyl (C=O) groups is 1. The standard InChI is InChI=1S/C15H12N2O2/c1-10(18)17-14-4-2-3-12(7-14)13-5-11(9-16)6-15(19)8-13/h2-8,19H,1H3,(H,17,18). The fraction of sp³-hybridized carbons (Fsp3) is 0.0667. The Hall–Kier alpha value is -2.80. The van der Waals surface area contributed by atoms with Gasteiger partial charge >= 0.3 is 0 Å². The van der Waals surface area contributed by atoms with E-state index >= 15 is 0 Å². The summed E-state index contributed by atoms with van der Waals surface area (Å²) >= 11 is 0. The van der Waals surface area contributed by atoms with Gasteiger partial charge in [0.2, 0.25) is 5.91 Å². The molecular formula is C15H12N2O2. The molecule has 19 heavy (non-hydrogen) atoms. The molecule has 0 unspecified atom stereocenters. The molecule has 0 saturated carbocycles. The molecule has 0 aliphatic rings. The van der Waals surface area contributed by atoms with Crippen LogP contribution in [0.5, 0.6) is 5.75 Å². The van der Waals surface area contributed by atoms with E-state index < -0.39 is 0 Å². The van der Waals surface area contributed by atoms with Gasteiger partial charge < -0.3 is 10.4 Å². The fourth-order valence-electron chi connectivity index (χ4n) is 1.82. The number of aromatic hydroxyl groups is 1. The van der Waals surface area contributed by atoms with Crippen LogP contribution in [0.3, 0.4) is 0 Å². The molecule has 0 saturated heterocycles. The van der Waals surface area contributed by atoms with Crippen molar-refractivity contribution in [2.24, 2.45) is 0 Å². The van der Waals surface area contributed by atoms with Gasteiger partial charge in [-0.25, -0.2) is 0 Å². The molecule has 0 spiro atoms. The second kappa shape index (κ2) is 5.23. The highest BCUT2D eigenvalue weighted by Crippen LogP contribution is 2.27. The summed E-state index contributed by atoms with van der Waals surface area (Å²) in [4.78, 5) is 11.0. The Labute approximate surface area is 110 Å². The van der Waals surface area contributed by atoms with Crippen molar-refractivity contribution in [1.82, 2.24) is 0 Å². The number of nitriles is 1. The molecule has 0 fully saturated rings. The highest BCUT2D eigenvalue weighted by molar-refractivity contribution is 5.89. The predicted octanol–water partition coefficient (Wildman–Crippen LogP) is 2.89. The van der Waals surface area contributed by atoms with Crippen LogP contribution in [-0.2, 0) is 4.79 Å². The maximum Gasteiger partial charge on any atom is 0.221 e. The molecule has 2 rings (SSSR count). The Morgan fingerprint density at radius 2 is 2.00 bits per heavy atom. The van der Waals surface area contributed by atoms with Crippen molar-refractivity contribution in [3.8, 4) is 22.9 Å². The van der Waals surface area contributed by atoms with Crippen LogP contribution in [0.25, 0.3) is 11.1 Å². The normalized spacial score (nSPS) is 9.68. The van der Waals surface area contributed by atoms with Crippen LogP contribution >= 0.6 is 0 Å². The van der Waals surface area contributed by atoms with E-state index in [0.29, 0.717) is 11.3 Å². The third-order valence-electron chi connectivity index (χ3n) is 2.56. The fourth-order valence-corrected chi connectivity index (χ4v) is 1.82. The summed E-state index contributed by atoms with van der Waals surface area (Å²) in [6.07, 6.45) is 0. The minimum Gasteiger partial charge on any atom is -0.508 e. The number of hydrogen-bond acceptors (Lipinski definition) is 3. The molecule has 2 aromatic rings. The van der Waals surface area contributed by atoms with Gasteiger partial charge in [0.25, 0.3) is 0 Å². The van der Waals surface area contributed by atoms with Gasteiger partial charge in [-0.1, -0.05) is 12.1 Å². The minimum absolute atomic E-state index is 0.0407. The van der Waals surface area contributed by atoms with E-state index in [9.17, 15) is 9.90 Å². The van der Waals surface area contributed by atoms with Crippen molar-refractivity contribution in [2.45, 2.75) is 6.92 Å². The Balaban J connectivity index is 2.44. The highest BCUT2D eigenvalue weighted by Gasteiger charge is 2.04. The van der Waals surface area contributed by atoms with Gasteiger partial charge in [-0.15, -0.1) is 0 Å². The van der Waals surface area contributed by atoms with Crippen LogP contribution in [0.4, 0.5) is 5.69 Å². The Morgan fingerprint density at radius 3 is 2.68 bits per heavy atom. The predicted molar refractivity (Wildman–Crippen MR) is 72.6 cm³/mol.